The molecule has 0 fully saturated rings. The van der Waals surface area contributed by atoms with E-state index in [1.54, 1.807) is 0 Å². The third-order valence-electron chi connectivity index (χ3n) is 3.52. The highest BCUT2D eigenvalue weighted by Crippen LogP contribution is 2.20. The fourth-order valence-electron chi connectivity index (χ4n) is 2.20. The Kier molecular flexibility index (Phi) is 10.7. The molecule has 0 rings (SSSR count). The molecule has 0 aliphatic carbocycles. The van der Waals surface area contributed by atoms with Gasteiger partial charge in [0.2, 0.25) is 0 Å². The van der Waals surface area contributed by atoms with Crippen molar-refractivity contribution in [3.05, 3.63) is 0 Å². The summed E-state index contributed by atoms with van der Waals surface area (Å²) < 4.78 is 5.56. The van der Waals surface area contributed by atoms with E-state index in [0.717, 1.165) is 44.5 Å². The molecule has 0 aromatic carbocycles. The van der Waals surface area contributed by atoms with E-state index in [2.05, 4.69) is 39.6 Å². The summed E-state index contributed by atoms with van der Waals surface area (Å²) in [6, 6.07) is 0. The highest BCUT2D eigenvalue weighted by Gasteiger charge is 2.12. The van der Waals surface area contributed by atoms with Crippen molar-refractivity contribution in [2.24, 2.45) is 17.6 Å². The highest BCUT2D eigenvalue weighted by molar-refractivity contribution is 4.65. The first-order chi connectivity index (χ1) is 8.47. The summed E-state index contributed by atoms with van der Waals surface area (Å²) in [5.41, 5.74) is 5.67. The first-order valence-electron chi connectivity index (χ1n) is 7.47. The van der Waals surface area contributed by atoms with Crippen LogP contribution in [0.5, 0.6) is 0 Å². The molecule has 0 radical (unpaired) electrons. The first kappa shape index (κ1) is 17.9. The van der Waals surface area contributed by atoms with Gasteiger partial charge >= 0.3 is 0 Å². The number of nitrogens with two attached hydrogens (primary N) is 1. The Hall–Kier alpha value is -0.120. The molecule has 1 atom stereocenters. The van der Waals surface area contributed by atoms with Crippen molar-refractivity contribution in [2.45, 2.75) is 53.1 Å². The molecule has 3 nitrogen and oxygen atoms in total. The lowest BCUT2D eigenvalue weighted by molar-refractivity contribution is 0.0633. The first-order valence-corrected chi connectivity index (χ1v) is 7.47. The van der Waals surface area contributed by atoms with Crippen LogP contribution in [0.15, 0.2) is 0 Å². The van der Waals surface area contributed by atoms with Gasteiger partial charge in [-0.3, -0.25) is 0 Å². The number of nitrogens with zero attached hydrogens (tertiary/aromatic N) is 1. The van der Waals surface area contributed by atoms with Gasteiger partial charge in [0.05, 0.1) is 12.7 Å². The molecule has 1 unspecified atom stereocenters. The van der Waals surface area contributed by atoms with Crippen LogP contribution in [0.25, 0.3) is 0 Å². The van der Waals surface area contributed by atoms with Crippen LogP contribution in [-0.4, -0.2) is 44.3 Å². The summed E-state index contributed by atoms with van der Waals surface area (Å²) in [6.07, 6.45) is 4.07. The van der Waals surface area contributed by atoms with Crippen LogP contribution in [0.4, 0.5) is 0 Å². The fourth-order valence-corrected chi connectivity index (χ4v) is 2.20. The van der Waals surface area contributed by atoms with E-state index >= 15 is 0 Å². The molecule has 0 aromatic heterocycles. The Morgan fingerprint density at radius 1 is 1.06 bits per heavy atom. The van der Waals surface area contributed by atoms with Crippen LogP contribution in [0.1, 0.15) is 47.0 Å². The lowest BCUT2D eigenvalue weighted by Crippen LogP contribution is -2.26. The summed E-state index contributed by atoms with van der Waals surface area (Å²) >= 11 is 0. The lowest BCUT2D eigenvalue weighted by Gasteiger charge is -2.22. The second kappa shape index (κ2) is 10.8. The van der Waals surface area contributed by atoms with Crippen molar-refractivity contribution in [3.63, 3.8) is 0 Å². The predicted octanol–water partition coefficient (Wildman–Crippen LogP) is 2.74. The Bertz CT molecular complexity index is 183. The van der Waals surface area contributed by atoms with Gasteiger partial charge in [0.25, 0.3) is 0 Å². The van der Waals surface area contributed by atoms with E-state index in [-0.39, 0.29) is 0 Å². The zero-order chi connectivity index (χ0) is 14.0. The lowest BCUT2D eigenvalue weighted by atomic mass is 9.88. The molecule has 0 heterocycles. The summed E-state index contributed by atoms with van der Waals surface area (Å²) in [6.45, 7) is 12.6. The van der Waals surface area contributed by atoms with Gasteiger partial charge in [-0.05, 0) is 65.1 Å². The minimum atomic E-state index is 0.341. The van der Waals surface area contributed by atoms with Crippen molar-refractivity contribution in [1.82, 2.24) is 4.90 Å². The van der Waals surface area contributed by atoms with Crippen LogP contribution < -0.4 is 5.73 Å². The van der Waals surface area contributed by atoms with Crippen molar-refractivity contribution in [1.29, 1.82) is 0 Å². The summed E-state index contributed by atoms with van der Waals surface area (Å²) in [4.78, 5) is 2.36. The smallest absolute Gasteiger partial charge is 0.0596 e. The second-order valence-corrected chi connectivity index (χ2v) is 5.95. The third-order valence-corrected chi connectivity index (χ3v) is 3.52. The number of likely N-dealkylation sites (N-methyl/N-ethyl adjacent to an activating group) is 1. The summed E-state index contributed by atoms with van der Waals surface area (Å²) in [5.74, 6) is 1.54. The molecule has 0 aliphatic rings. The Labute approximate surface area is 114 Å². The molecular weight excluding hydrogens is 224 g/mol. The number of hydrogen-bond acceptors (Lipinski definition) is 3. The fraction of sp³-hybridized carbons (Fsp3) is 1.00. The molecule has 0 amide bonds. The molecule has 0 saturated heterocycles. The van der Waals surface area contributed by atoms with Gasteiger partial charge < -0.3 is 15.4 Å². The van der Waals surface area contributed by atoms with E-state index in [4.69, 9.17) is 10.5 Å². The van der Waals surface area contributed by atoms with Gasteiger partial charge in [-0.25, -0.2) is 0 Å². The second-order valence-electron chi connectivity index (χ2n) is 5.95. The van der Waals surface area contributed by atoms with E-state index < -0.39 is 0 Å². The molecule has 0 spiro atoms. The summed E-state index contributed by atoms with van der Waals surface area (Å²) in [7, 11) is 2.18. The van der Waals surface area contributed by atoms with Crippen LogP contribution in [0.2, 0.25) is 0 Å². The number of rotatable bonds is 11. The van der Waals surface area contributed by atoms with E-state index in [9.17, 15) is 0 Å². The molecule has 0 saturated carbocycles. The number of ether oxygens (including phenoxy) is 1. The maximum Gasteiger partial charge on any atom is 0.0596 e. The third kappa shape index (κ3) is 9.86. The van der Waals surface area contributed by atoms with Crippen molar-refractivity contribution >= 4 is 0 Å². The van der Waals surface area contributed by atoms with Crippen molar-refractivity contribution in [2.75, 3.05) is 33.3 Å². The molecule has 110 valence electrons. The molecular formula is C15H34N2O. The maximum atomic E-state index is 5.67. The predicted molar refractivity (Wildman–Crippen MR) is 79.8 cm³/mol. The van der Waals surface area contributed by atoms with E-state index in [1.807, 2.05) is 0 Å². The monoisotopic (exact) mass is 258 g/mol. The average Bonchev–Trinajstić information content (AvgIpc) is 2.27. The van der Waals surface area contributed by atoms with Gasteiger partial charge in [-0.2, -0.15) is 0 Å². The van der Waals surface area contributed by atoms with Gasteiger partial charge in [-0.15, -0.1) is 0 Å². The van der Waals surface area contributed by atoms with E-state index in [0.29, 0.717) is 6.10 Å². The Balaban J connectivity index is 3.61. The van der Waals surface area contributed by atoms with Gasteiger partial charge in [0, 0.05) is 6.54 Å². The van der Waals surface area contributed by atoms with Crippen LogP contribution in [0, 0.1) is 11.8 Å². The minimum Gasteiger partial charge on any atom is -0.377 e. The topological polar surface area (TPSA) is 38.5 Å². The average molecular weight is 258 g/mol. The Morgan fingerprint density at radius 2 is 1.72 bits per heavy atom. The van der Waals surface area contributed by atoms with Crippen LogP contribution in [-0.2, 0) is 4.74 Å². The van der Waals surface area contributed by atoms with Crippen molar-refractivity contribution < 1.29 is 4.74 Å². The van der Waals surface area contributed by atoms with Gasteiger partial charge in [0.1, 0.15) is 0 Å². The van der Waals surface area contributed by atoms with E-state index in [1.165, 1.54) is 12.8 Å². The molecule has 0 bridgehead atoms. The zero-order valence-electron chi connectivity index (χ0n) is 13.1. The van der Waals surface area contributed by atoms with Crippen molar-refractivity contribution in [3.8, 4) is 0 Å². The SMILES string of the molecule is CC(C)OCCN(C)CCCC(CCN)C(C)C. The molecule has 2 N–H and O–H groups in total. The van der Waals surface area contributed by atoms with Gasteiger partial charge in [-0.1, -0.05) is 13.8 Å². The molecule has 3 heteroatoms. The molecule has 0 aliphatic heterocycles. The van der Waals surface area contributed by atoms with Crippen LogP contribution in [0.3, 0.4) is 0 Å². The normalized spacial score (nSPS) is 13.8. The maximum absolute atomic E-state index is 5.67. The molecule has 18 heavy (non-hydrogen) atoms. The Morgan fingerprint density at radius 3 is 2.22 bits per heavy atom. The van der Waals surface area contributed by atoms with Gasteiger partial charge in [0.15, 0.2) is 0 Å². The number of hydrogen-bond donors (Lipinski definition) is 1. The highest BCUT2D eigenvalue weighted by atomic mass is 16.5. The van der Waals surface area contributed by atoms with Crippen LogP contribution >= 0.6 is 0 Å². The minimum absolute atomic E-state index is 0.341. The standard InChI is InChI=1S/C15H34N2O/c1-13(2)15(8-9-16)7-6-10-17(5)11-12-18-14(3)4/h13-15H,6-12,16H2,1-5H3. The quantitative estimate of drug-likeness (QED) is 0.619. The summed E-state index contributed by atoms with van der Waals surface area (Å²) in [5, 5.41) is 0. The largest absolute Gasteiger partial charge is 0.377 e. The zero-order valence-corrected chi connectivity index (χ0v) is 13.1. The molecule has 0 aromatic rings.